The summed E-state index contributed by atoms with van der Waals surface area (Å²) in [5, 5.41) is 15.5. The predicted molar refractivity (Wildman–Crippen MR) is 110 cm³/mol. The predicted octanol–water partition coefficient (Wildman–Crippen LogP) is 0.336. The summed E-state index contributed by atoms with van der Waals surface area (Å²) in [6, 6.07) is -2.41. The zero-order valence-electron chi connectivity index (χ0n) is 17.9. The lowest BCUT2D eigenvalue weighted by molar-refractivity contribution is -0.152. The number of carboxylic acid groups (broad SMARTS) is 1. The number of nitrogens with one attached hydrogen (secondary N) is 2. The van der Waals surface area contributed by atoms with Crippen molar-refractivity contribution in [3.63, 3.8) is 0 Å². The van der Waals surface area contributed by atoms with E-state index in [9.17, 15) is 24.3 Å². The first-order valence-electron chi connectivity index (χ1n) is 11.2. The van der Waals surface area contributed by atoms with Crippen LogP contribution in [0.1, 0.15) is 58.8 Å². The van der Waals surface area contributed by atoms with Crippen LogP contribution in [0.3, 0.4) is 0 Å². The molecule has 0 aromatic heterocycles. The highest BCUT2D eigenvalue weighted by Gasteiger charge is 2.43. The number of nitrogens with zero attached hydrogens (tertiary/aromatic N) is 2. The highest BCUT2D eigenvalue weighted by atomic mass is 16.4. The van der Waals surface area contributed by atoms with Crippen molar-refractivity contribution in [3.8, 4) is 0 Å². The Balaban J connectivity index is 1.71. The molecular formula is C21H34N4O5. The lowest BCUT2D eigenvalue weighted by Gasteiger charge is -2.33. The van der Waals surface area contributed by atoms with Crippen molar-refractivity contribution in [1.29, 1.82) is 0 Å². The van der Waals surface area contributed by atoms with E-state index in [1.54, 1.807) is 4.90 Å². The molecule has 0 radical (unpaired) electrons. The Morgan fingerprint density at radius 2 is 1.67 bits per heavy atom. The summed E-state index contributed by atoms with van der Waals surface area (Å²) >= 11 is 0. The third-order valence-electron chi connectivity index (χ3n) is 6.34. The Morgan fingerprint density at radius 1 is 1.00 bits per heavy atom. The normalized spacial score (nSPS) is 27.5. The first kappa shape index (κ1) is 22.5. The zero-order valence-corrected chi connectivity index (χ0v) is 17.9. The quantitative estimate of drug-likeness (QED) is 0.544. The van der Waals surface area contributed by atoms with E-state index in [4.69, 9.17) is 0 Å². The largest absolute Gasteiger partial charge is 0.480 e. The lowest BCUT2D eigenvalue weighted by atomic mass is 10.0. The zero-order chi connectivity index (χ0) is 21.8. The molecule has 0 saturated carbocycles. The first-order valence-corrected chi connectivity index (χ1v) is 11.2. The molecule has 0 bridgehead atoms. The number of likely N-dealkylation sites (tertiary alicyclic amines) is 2. The van der Waals surface area contributed by atoms with E-state index in [2.05, 4.69) is 10.6 Å². The minimum Gasteiger partial charge on any atom is -0.480 e. The van der Waals surface area contributed by atoms with Crippen LogP contribution in [0.2, 0.25) is 0 Å². The minimum atomic E-state index is -0.995. The molecule has 3 N–H and O–H groups in total. The van der Waals surface area contributed by atoms with Crippen molar-refractivity contribution < 1.29 is 24.3 Å². The molecule has 3 aliphatic heterocycles. The number of hydrogen-bond donors (Lipinski definition) is 3. The summed E-state index contributed by atoms with van der Waals surface area (Å²) in [6.07, 6.45) is 4.51. The van der Waals surface area contributed by atoms with E-state index in [1.807, 2.05) is 13.8 Å². The Bertz CT molecular complexity index is 676. The number of rotatable bonds is 7. The molecule has 0 aromatic carbocycles. The standard InChI is InChI=1S/C21H34N4O5/c1-13(2)12-15(23-18(26)14-6-3-9-22-14)19(27)24-10-4-7-16(24)20(28)25-11-5-8-17(25)21(29)30/h13-17,22H,3-12H2,1-2H3,(H,23,26)(H,29,30). The Kier molecular flexibility index (Phi) is 7.33. The van der Waals surface area contributed by atoms with Crippen LogP contribution in [-0.2, 0) is 19.2 Å². The van der Waals surface area contributed by atoms with E-state index in [-0.39, 0.29) is 29.7 Å². The van der Waals surface area contributed by atoms with Crippen LogP contribution < -0.4 is 10.6 Å². The van der Waals surface area contributed by atoms with Crippen LogP contribution in [0.4, 0.5) is 0 Å². The second kappa shape index (κ2) is 9.76. The van der Waals surface area contributed by atoms with E-state index >= 15 is 0 Å². The molecule has 0 spiro atoms. The smallest absolute Gasteiger partial charge is 0.326 e. The van der Waals surface area contributed by atoms with Gasteiger partial charge in [0.25, 0.3) is 0 Å². The third-order valence-corrected chi connectivity index (χ3v) is 6.34. The van der Waals surface area contributed by atoms with Gasteiger partial charge in [-0.15, -0.1) is 0 Å². The third kappa shape index (κ3) is 4.94. The number of carboxylic acids is 1. The molecular weight excluding hydrogens is 388 g/mol. The summed E-state index contributed by atoms with van der Waals surface area (Å²) in [4.78, 5) is 53.6. The summed E-state index contributed by atoms with van der Waals surface area (Å²) in [5.41, 5.74) is 0. The van der Waals surface area contributed by atoms with Crippen molar-refractivity contribution >= 4 is 23.7 Å². The van der Waals surface area contributed by atoms with Crippen molar-refractivity contribution in [1.82, 2.24) is 20.4 Å². The molecule has 9 heteroatoms. The average Bonchev–Trinajstić information content (AvgIpc) is 3.47. The van der Waals surface area contributed by atoms with Gasteiger partial charge in [0, 0.05) is 13.1 Å². The second-order valence-electron chi connectivity index (χ2n) is 9.06. The Morgan fingerprint density at radius 3 is 2.27 bits per heavy atom. The van der Waals surface area contributed by atoms with Gasteiger partial charge in [0.1, 0.15) is 18.1 Å². The van der Waals surface area contributed by atoms with Gasteiger partial charge in [-0.2, -0.15) is 0 Å². The van der Waals surface area contributed by atoms with Crippen molar-refractivity contribution in [3.05, 3.63) is 0 Å². The maximum Gasteiger partial charge on any atom is 0.326 e. The molecule has 168 valence electrons. The number of aliphatic carboxylic acids is 1. The van der Waals surface area contributed by atoms with Crippen LogP contribution in [0, 0.1) is 5.92 Å². The van der Waals surface area contributed by atoms with Crippen LogP contribution in [0.5, 0.6) is 0 Å². The summed E-state index contributed by atoms with van der Waals surface area (Å²) in [7, 11) is 0. The van der Waals surface area contributed by atoms with Crippen LogP contribution in [0.25, 0.3) is 0 Å². The SMILES string of the molecule is CC(C)CC(NC(=O)C1CCCN1)C(=O)N1CCCC1C(=O)N1CCCC1C(=O)O. The van der Waals surface area contributed by atoms with Gasteiger partial charge in [-0.05, 0) is 57.4 Å². The van der Waals surface area contributed by atoms with E-state index < -0.39 is 24.1 Å². The van der Waals surface area contributed by atoms with Gasteiger partial charge in [-0.25, -0.2) is 4.79 Å². The molecule has 3 heterocycles. The highest BCUT2D eigenvalue weighted by molar-refractivity contribution is 5.94. The van der Waals surface area contributed by atoms with Gasteiger partial charge >= 0.3 is 5.97 Å². The maximum absolute atomic E-state index is 13.4. The molecule has 9 nitrogen and oxygen atoms in total. The van der Waals surface area contributed by atoms with E-state index in [0.717, 1.165) is 19.4 Å². The summed E-state index contributed by atoms with van der Waals surface area (Å²) < 4.78 is 0. The number of carbonyl (C=O) groups is 4. The molecule has 3 saturated heterocycles. The van der Waals surface area contributed by atoms with Crippen LogP contribution in [0.15, 0.2) is 0 Å². The van der Waals surface area contributed by atoms with Crippen molar-refractivity contribution in [2.45, 2.75) is 83.0 Å². The topological polar surface area (TPSA) is 119 Å². The number of amides is 3. The first-order chi connectivity index (χ1) is 14.3. The average molecular weight is 423 g/mol. The van der Waals surface area contributed by atoms with Crippen LogP contribution >= 0.6 is 0 Å². The fourth-order valence-corrected chi connectivity index (χ4v) is 4.84. The Hall–Kier alpha value is -2.16. The van der Waals surface area contributed by atoms with Gasteiger partial charge in [0.2, 0.25) is 17.7 Å². The molecule has 3 rings (SSSR count). The van der Waals surface area contributed by atoms with Gasteiger partial charge in [-0.3, -0.25) is 14.4 Å². The lowest BCUT2D eigenvalue weighted by Crippen LogP contribution is -2.57. The molecule has 3 fully saturated rings. The molecule has 0 aliphatic carbocycles. The molecule has 4 atom stereocenters. The second-order valence-corrected chi connectivity index (χ2v) is 9.06. The monoisotopic (exact) mass is 422 g/mol. The summed E-state index contributed by atoms with van der Waals surface area (Å²) in [5.74, 6) is -1.48. The highest BCUT2D eigenvalue weighted by Crippen LogP contribution is 2.26. The maximum atomic E-state index is 13.4. The molecule has 3 aliphatic rings. The fraction of sp³-hybridized carbons (Fsp3) is 0.810. The van der Waals surface area contributed by atoms with Gasteiger partial charge in [-0.1, -0.05) is 13.8 Å². The van der Waals surface area contributed by atoms with Crippen LogP contribution in [-0.4, -0.2) is 82.4 Å². The van der Waals surface area contributed by atoms with Gasteiger partial charge in [0.15, 0.2) is 0 Å². The Labute approximate surface area is 177 Å². The van der Waals surface area contributed by atoms with Gasteiger partial charge in [0.05, 0.1) is 6.04 Å². The summed E-state index contributed by atoms with van der Waals surface area (Å²) in [6.45, 7) is 5.65. The van der Waals surface area contributed by atoms with E-state index in [0.29, 0.717) is 45.2 Å². The van der Waals surface area contributed by atoms with Crippen molar-refractivity contribution in [2.24, 2.45) is 5.92 Å². The fourth-order valence-electron chi connectivity index (χ4n) is 4.84. The van der Waals surface area contributed by atoms with Crippen molar-refractivity contribution in [2.75, 3.05) is 19.6 Å². The van der Waals surface area contributed by atoms with Gasteiger partial charge < -0.3 is 25.5 Å². The molecule has 4 unspecified atom stereocenters. The molecule has 0 aromatic rings. The number of carbonyl (C=O) groups excluding carboxylic acids is 3. The molecule has 30 heavy (non-hydrogen) atoms. The minimum absolute atomic E-state index is 0.168. The van der Waals surface area contributed by atoms with E-state index in [1.165, 1.54) is 4.90 Å². The molecule has 3 amide bonds. The number of hydrogen-bond acceptors (Lipinski definition) is 5.